The number of anilines is 3. The predicted molar refractivity (Wildman–Crippen MR) is 269 cm³/mol. The largest absolute Gasteiger partial charge is 0.310 e. The van der Waals surface area contributed by atoms with E-state index in [1.54, 1.807) is 0 Å². The summed E-state index contributed by atoms with van der Waals surface area (Å²) in [5.41, 5.74) is 18.7. The lowest BCUT2D eigenvalue weighted by Crippen LogP contribution is -2.16. The lowest BCUT2D eigenvalue weighted by atomic mass is 9.82. The van der Waals surface area contributed by atoms with E-state index >= 15 is 0 Å². The number of rotatable bonds is 7. The van der Waals surface area contributed by atoms with Crippen LogP contribution in [-0.2, 0) is 5.41 Å². The number of aromatic nitrogens is 1. The number of para-hydroxylation sites is 1. The van der Waals surface area contributed by atoms with Gasteiger partial charge in [0.15, 0.2) is 0 Å². The lowest BCUT2D eigenvalue weighted by Gasteiger charge is -2.28. The maximum absolute atomic E-state index is 5.34. The van der Waals surface area contributed by atoms with E-state index in [4.69, 9.17) is 4.98 Å². The molecule has 0 bridgehead atoms. The Morgan fingerprint density at radius 1 is 0.381 bits per heavy atom. The number of thiophene rings is 1. The van der Waals surface area contributed by atoms with Crippen molar-refractivity contribution in [3.63, 3.8) is 0 Å². The standard InChI is InChI=1S/C60H42N2S/c1-60(2)54-27-11-8-22-48(54)49-35-34-44(37-55(49)60)62(42-32-30-40(31-33-42)46-25-15-26-52-51-24-10-13-29-58(51)63-59(46)52)43-19-14-18-41(36-43)57-38-53(50-23-9-12-28-56(50)61-57)47-21-7-6-20-45(47)39-16-4-3-5-17-39/h3-38H,1-2H3. The second kappa shape index (κ2) is 14.8. The van der Waals surface area contributed by atoms with Crippen LogP contribution in [0.2, 0.25) is 0 Å². The minimum absolute atomic E-state index is 0.135. The van der Waals surface area contributed by atoms with Crippen LogP contribution in [0.5, 0.6) is 0 Å². The number of benzene rings is 9. The molecule has 3 heteroatoms. The molecule has 0 saturated heterocycles. The molecule has 0 saturated carbocycles. The molecule has 2 nitrogen and oxygen atoms in total. The van der Waals surface area contributed by atoms with Gasteiger partial charge in [-0.2, -0.15) is 0 Å². The van der Waals surface area contributed by atoms with E-state index in [1.165, 1.54) is 75.8 Å². The van der Waals surface area contributed by atoms with Gasteiger partial charge in [-0.1, -0.05) is 178 Å². The summed E-state index contributed by atoms with van der Waals surface area (Å²) >= 11 is 1.88. The fourth-order valence-corrected chi connectivity index (χ4v) is 11.2. The first kappa shape index (κ1) is 37.2. The van der Waals surface area contributed by atoms with Gasteiger partial charge in [-0.15, -0.1) is 11.3 Å². The summed E-state index contributed by atoms with van der Waals surface area (Å²) in [7, 11) is 0. The summed E-state index contributed by atoms with van der Waals surface area (Å²) < 4.78 is 2.64. The average molecular weight is 823 g/mol. The van der Waals surface area contributed by atoms with Crippen LogP contribution in [0.1, 0.15) is 25.0 Å². The Labute approximate surface area is 372 Å². The van der Waals surface area contributed by atoms with Crippen molar-refractivity contribution in [2.75, 3.05) is 4.90 Å². The van der Waals surface area contributed by atoms with Gasteiger partial charge in [-0.25, -0.2) is 4.98 Å². The van der Waals surface area contributed by atoms with Crippen LogP contribution in [0.25, 0.3) is 86.8 Å². The summed E-state index contributed by atoms with van der Waals surface area (Å²) in [4.78, 5) is 7.75. The third kappa shape index (κ3) is 6.19. The van der Waals surface area contributed by atoms with Gasteiger partial charge in [-0.3, -0.25) is 0 Å². The van der Waals surface area contributed by atoms with Gasteiger partial charge in [-0.05, 0) is 110 Å². The van der Waals surface area contributed by atoms with Gasteiger partial charge in [0, 0.05) is 53.6 Å². The Morgan fingerprint density at radius 2 is 0.984 bits per heavy atom. The molecule has 0 N–H and O–H groups in total. The van der Waals surface area contributed by atoms with Gasteiger partial charge in [0.05, 0.1) is 11.2 Å². The topological polar surface area (TPSA) is 16.1 Å². The molecule has 1 aliphatic rings. The van der Waals surface area contributed by atoms with Crippen molar-refractivity contribution in [2.24, 2.45) is 0 Å². The Bertz CT molecular complexity index is 3540. The zero-order valence-corrected chi connectivity index (χ0v) is 35.9. The van der Waals surface area contributed by atoms with E-state index < -0.39 is 0 Å². The molecule has 0 aliphatic heterocycles. The average Bonchev–Trinajstić information content (AvgIpc) is 3.84. The molecule has 0 atom stereocenters. The zero-order valence-electron chi connectivity index (χ0n) is 35.1. The molecule has 0 unspecified atom stereocenters. The summed E-state index contributed by atoms with van der Waals surface area (Å²) in [5.74, 6) is 0. The maximum Gasteiger partial charge on any atom is 0.0716 e. The summed E-state index contributed by atoms with van der Waals surface area (Å²) in [6.07, 6.45) is 0. The van der Waals surface area contributed by atoms with Gasteiger partial charge in [0.25, 0.3) is 0 Å². The van der Waals surface area contributed by atoms with E-state index in [2.05, 4.69) is 237 Å². The number of fused-ring (bicyclic) bond motifs is 7. The van der Waals surface area contributed by atoms with Crippen LogP contribution in [-0.4, -0.2) is 4.98 Å². The molecule has 63 heavy (non-hydrogen) atoms. The minimum Gasteiger partial charge on any atom is -0.310 e. The lowest BCUT2D eigenvalue weighted by molar-refractivity contribution is 0.660. The highest BCUT2D eigenvalue weighted by molar-refractivity contribution is 7.26. The maximum atomic E-state index is 5.34. The molecular weight excluding hydrogens is 781 g/mol. The number of pyridine rings is 1. The van der Waals surface area contributed by atoms with Crippen molar-refractivity contribution >= 4 is 59.5 Å². The van der Waals surface area contributed by atoms with E-state index in [1.807, 2.05) is 11.3 Å². The monoisotopic (exact) mass is 822 g/mol. The molecule has 0 amide bonds. The predicted octanol–water partition coefficient (Wildman–Crippen LogP) is 17.0. The molecule has 298 valence electrons. The Hall–Kier alpha value is -7.59. The highest BCUT2D eigenvalue weighted by atomic mass is 32.1. The van der Waals surface area contributed by atoms with Crippen LogP contribution in [0.3, 0.4) is 0 Å². The Morgan fingerprint density at radius 3 is 1.84 bits per heavy atom. The number of hydrogen-bond donors (Lipinski definition) is 0. The first-order valence-corrected chi connectivity index (χ1v) is 22.5. The molecule has 2 heterocycles. The first-order chi connectivity index (χ1) is 31.0. The van der Waals surface area contributed by atoms with Crippen molar-refractivity contribution in [2.45, 2.75) is 19.3 Å². The molecule has 12 rings (SSSR count). The molecule has 0 fully saturated rings. The van der Waals surface area contributed by atoms with E-state index in [0.29, 0.717) is 0 Å². The van der Waals surface area contributed by atoms with Crippen LogP contribution in [0.4, 0.5) is 17.1 Å². The molecule has 11 aromatic rings. The molecule has 2 aromatic heterocycles. The second-order valence-corrected chi connectivity index (χ2v) is 18.1. The molecule has 9 aromatic carbocycles. The van der Waals surface area contributed by atoms with Gasteiger partial charge in [0.2, 0.25) is 0 Å². The normalized spacial score (nSPS) is 12.7. The van der Waals surface area contributed by atoms with E-state index in [0.717, 1.165) is 39.2 Å². The fraction of sp³-hybridized carbons (Fsp3) is 0.0500. The minimum atomic E-state index is -0.135. The third-order valence-corrected chi connectivity index (χ3v) is 14.3. The highest BCUT2D eigenvalue weighted by Gasteiger charge is 2.35. The quantitative estimate of drug-likeness (QED) is 0.159. The molecule has 0 radical (unpaired) electrons. The van der Waals surface area contributed by atoms with Crippen LogP contribution in [0, 0.1) is 0 Å². The molecular formula is C60H42N2S. The first-order valence-electron chi connectivity index (χ1n) is 21.7. The Balaban J connectivity index is 1.01. The van der Waals surface area contributed by atoms with Gasteiger partial charge in [0.1, 0.15) is 0 Å². The summed E-state index contributed by atoms with van der Waals surface area (Å²) in [5, 5.41) is 3.76. The van der Waals surface area contributed by atoms with Gasteiger partial charge >= 0.3 is 0 Å². The van der Waals surface area contributed by atoms with E-state index in [9.17, 15) is 0 Å². The molecule has 0 spiro atoms. The van der Waals surface area contributed by atoms with Crippen molar-refractivity contribution in [1.29, 1.82) is 0 Å². The van der Waals surface area contributed by atoms with Crippen molar-refractivity contribution in [3.05, 3.63) is 230 Å². The molecule has 1 aliphatic carbocycles. The highest BCUT2D eigenvalue weighted by Crippen LogP contribution is 2.51. The SMILES string of the molecule is CC1(C)c2ccccc2-c2ccc(N(c3ccc(-c4cccc5c4sc4ccccc45)cc3)c3cccc(-c4cc(-c5ccccc5-c5ccccc5)c5ccccc5n4)c3)cc21. The number of nitrogens with zero attached hydrogens (tertiary/aromatic N) is 2. The van der Waals surface area contributed by atoms with Crippen molar-refractivity contribution in [3.8, 4) is 55.8 Å². The summed E-state index contributed by atoms with van der Waals surface area (Å²) in [6.45, 7) is 4.71. The van der Waals surface area contributed by atoms with Crippen LogP contribution >= 0.6 is 11.3 Å². The van der Waals surface area contributed by atoms with Crippen molar-refractivity contribution in [1.82, 2.24) is 4.98 Å². The van der Waals surface area contributed by atoms with E-state index in [-0.39, 0.29) is 5.41 Å². The van der Waals surface area contributed by atoms with Gasteiger partial charge < -0.3 is 4.90 Å². The summed E-state index contributed by atoms with van der Waals surface area (Å²) in [6, 6.07) is 79.7. The fourth-order valence-electron chi connectivity index (χ4n) is 9.98. The Kier molecular flexibility index (Phi) is 8.74. The van der Waals surface area contributed by atoms with Crippen LogP contribution in [0.15, 0.2) is 218 Å². The smallest absolute Gasteiger partial charge is 0.0716 e. The number of hydrogen-bond acceptors (Lipinski definition) is 3. The van der Waals surface area contributed by atoms with Crippen LogP contribution < -0.4 is 4.90 Å². The third-order valence-electron chi connectivity index (χ3n) is 13.1. The van der Waals surface area contributed by atoms with Crippen molar-refractivity contribution < 1.29 is 0 Å². The second-order valence-electron chi connectivity index (χ2n) is 17.1. The zero-order chi connectivity index (χ0) is 42.1.